The normalized spacial score (nSPS) is 12.7. The molecule has 2 atom stereocenters. The average Bonchev–Trinajstić information content (AvgIpc) is 3.12. The van der Waals surface area contributed by atoms with E-state index in [1.54, 1.807) is 0 Å². The molecule has 0 amide bonds. The lowest BCUT2D eigenvalue weighted by atomic mass is 9.96. The van der Waals surface area contributed by atoms with Crippen LogP contribution in [-0.4, -0.2) is 24.5 Å². The van der Waals surface area contributed by atoms with Crippen LogP contribution in [-0.2, 0) is 29.0 Å². The Morgan fingerprint density at radius 2 is 0.941 bits per heavy atom. The van der Waals surface area contributed by atoms with Gasteiger partial charge >= 0.3 is 5.97 Å². The fraction of sp³-hybridized carbons (Fsp3) is 0.872. The maximum Gasteiger partial charge on any atom is 0.306 e. The Hall–Kier alpha value is -1.42. The summed E-state index contributed by atoms with van der Waals surface area (Å²) < 4.78 is 5.66. The SMILES string of the molecule is CCCCCC(C)CCCCCCCCCCCc1cc(COC(=O)CCCNC)cc(CCCCCCCCCCCC(C)CCCCC)n1. The number of pyridine rings is 1. The van der Waals surface area contributed by atoms with Gasteiger partial charge in [-0.2, -0.15) is 0 Å². The number of carbonyl (C=O) groups is 1. The minimum atomic E-state index is -0.0981. The Balaban J connectivity index is 2.30. The van der Waals surface area contributed by atoms with Crippen LogP contribution < -0.4 is 5.32 Å². The van der Waals surface area contributed by atoms with Crippen molar-refractivity contribution in [3.05, 3.63) is 29.1 Å². The van der Waals surface area contributed by atoms with Crippen LogP contribution in [0.2, 0.25) is 0 Å². The van der Waals surface area contributed by atoms with Gasteiger partial charge < -0.3 is 10.1 Å². The molecule has 1 rings (SSSR count). The molecule has 4 nitrogen and oxygen atoms in total. The highest BCUT2D eigenvalue weighted by Gasteiger charge is 2.08. The first-order valence-corrected chi connectivity index (χ1v) is 22.8. The number of carbonyl (C=O) groups excluding carboxylic acids is 1. The van der Waals surface area contributed by atoms with Crippen LogP contribution in [0.1, 0.15) is 237 Å². The molecular formula is C47H88N2O2. The van der Waals surface area contributed by atoms with Gasteiger partial charge in [-0.15, -0.1) is 0 Å². The molecule has 298 valence electrons. The van der Waals surface area contributed by atoms with Gasteiger partial charge in [0, 0.05) is 17.8 Å². The van der Waals surface area contributed by atoms with Gasteiger partial charge in [0.15, 0.2) is 0 Å². The fourth-order valence-corrected chi connectivity index (χ4v) is 7.55. The summed E-state index contributed by atoms with van der Waals surface area (Å²) in [6, 6.07) is 4.39. The number of unbranched alkanes of at least 4 members (excludes halogenated alkanes) is 20. The summed E-state index contributed by atoms with van der Waals surface area (Å²) >= 11 is 0. The molecule has 2 unspecified atom stereocenters. The first-order valence-electron chi connectivity index (χ1n) is 22.8. The number of hydrogen-bond donors (Lipinski definition) is 1. The van der Waals surface area contributed by atoms with E-state index < -0.39 is 0 Å². The van der Waals surface area contributed by atoms with Crippen LogP contribution in [0, 0.1) is 11.8 Å². The second-order valence-electron chi connectivity index (χ2n) is 16.5. The molecule has 0 aliphatic heterocycles. The van der Waals surface area contributed by atoms with E-state index in [0.29, 0.717) is 13.0 Å². The van der Waals surface area contributed by atoms with Gasteiger partial charge in [-0.1, -0.05) is 195 Å². The molecule has 1 N–H and O–H groups in total. The van der Waals surface area contributed by atoms with E-state index in [4.69, 9.17) is 9.72 Å². The van der Waals surface area contributed by atoms with Crippen molar-refractivity contribution < 1.29 is 9.53 Å². The zero-order valence-corrected chi connectivity index (χ0v) is 35.1. The van der Waals surface area contributed by atoms with Crippen molar-refractivity contribution in [1.82, 2.24) is 10.3 Å². The Morgan fingerprint density at radius 3 is 1.33 bits per heavy atom. The molecule has 0 saturated carbocycles. The quantitative estimate of drug-likeness (QED) is 0.0548. The zero-order chi connectivity index (χ0) is 37.0. The molecule has 51 heavy (non-hydrogen) atoms. The third-order valence-corrected chi connectivity index (χ3v) is 11.1. The van der Waals surface area contributed by atoms with E-state index in [1.807, 2.05) is 7.05 Å². The molecule has 1 aromatic heterocycles. The number of esters is 1. The second kappa shape index (κ2) is 35.6. The number of nitrogens with one attached hydrogen (secondary N) is 1. The second-order valence-corrected chi connectivity index (χ2v) is 16.5. The monoisotopic (exact) mass is 713 g/mol. The highest BCUT2D eigenvalue weighted by molar-refractivity contribution is 5.69. The Bertz CT molecular complexity index is 846. The van der Waals surface area contributed by atoms with Crippen molar-refractivity contribution in [3.63, 3.8) is 0 Å². The average molecular weight is 713 g/mol. The van der Waals surface area contributed by atoms with Gasteiger partial charge in [0.25, 0.3) is 0 Å². The lowest BCUT2D eigenvalue weighted by molar-refractivity contribution is -0.145. The fourth-order valence-electron chi connectivity index (χ4n) is 7.55. The number of nitrogens with zero attached hydrogens (tertiary/aromatic N) is 1. The van der Waals surface area contributed by atoms with Gasteiger partial charge in [-0.25, -0.2) is 0 Å². The first-order chi connectivity index (χ1) is 25.0. The molecule has 1 aromatic rings. The third-order valence-electron chi connectivity index (χ3n) is 11.1. The van der Waals surface area contributed by atoms with E-state index in [-0.39, 0.29) is 5.97 Å². The molecule has 0 bridgehead atoms. The number of rotatable bonds is 38. The van der Waals surface area contributed by atoms with Gasteiger partial charge in [0.05, 0.1) is 0 Å². The molecule has 0 radical (unpaired) electrons. The summed E-state index contributed by atoms with van der Waals surface area (Å²) in [7, 11) is 1.92. The zero-order valence-electron chi connectivity index (χ0n) is 35.1. The summed E-state index contributed by atoms with van der Waals surface area (Å²) in [6.45, 7) is 10.7. The van der Waals surface area contributed by atoms with Crippen molar-refractivity contribution in [2.45, 2.75) is 240 Å². The lowest BCUT2D eigenvalue weighted by Crippen LogP contribution is -2.11. The van der Waals surface area contributed by atoms with Gasteiger partial charge in [-0.05, 0) is 75.2 Å². The molecule has 0 fully saturated rings. The molecule has 0 spiro atoms. The van der Waals surface area contributed by atoms with Crippen LogP contribution in [0.3, 0.4) is 0 Å². The van der Waals surface area contributed by atoms with Gasteiger partial charge in [0.1, 0.15) is 6.61 Å². The minimum Gasteiger partial charge on any atom is -0.461 e. The van der Waals surface area contributed by atoms with Gasteiger partial charge in [-0.3, -0.25) is 9.78 Å². The summed E-state index contributed by atoms with van der Waals surface area (Å²) in [6.07, 6.45) is 41.9. The molecule has 0 aliphatic carbocycles. The molecular weight excluding hydrogens is 625 g/mol. The Kier molecular flexibility index (Phi) is 33.2. The van der Waals surface area contributed by atoms with Gasteiger partial charge in [0.2, 0.25) is 0 Å². The predicted molar refractivity (Wildman–Crippen MR) is 224 cm³/mol. The Morgan fingerprint density at radius 1 is 0.569 bits per heavy atom. The largest absolute Gasteiger partial charge is 0.461 e. The summed E-state index contributed by atoms with van der Waals surface area (Å²) in [5.41, 5.74) is 3.49. The smallest absolute Gasteiger partial charge is 0.306 e. The standard InChI is InChI=1S/C47H88N2O2/c1-6-8-24-31-42(3)33-26-20-16-12-10-14-18-22-28-35-45-39-44(41-51-47(50)37-30-38-48-5)40-46(49-45)36-29-23-19-15-11-13-17-21-27-34-43(4)32-25-9-7-2/h39-40,42-43,48H,6-38,41H2,1-5H3. The van der Waals surface area contributed by atoms with Crippen molar-refractivity contribution in [1.29, 1.82) is 0 Å². The van der Waals surface area contributed by atoms with Crippen LogP contribution in [0.25, 0.3) is 0 Å². The van der Waals surface area contributed by atoms with Crippen molar-refractivity contribution in [2.24, 2.45) is 11.8 Å². The maximum absolute atomic E-state index is 12.3. The van der Waals surface area contributed by atoms with E-state index in [2.05, 4.69) is 45.1 Å². The number of aromatic nitrogens is 1. The molecule has 0 saturated heterocycles. The summed E-state index contributed by atoms with van der Waals surface area (Å²) in [5, 5.41) is 3.11. The van der Waals surface area contributed by atoms with E-state index in [0.717, 1.165) is 43.2 Å². The number of aryl methyl sites for hydroxylation is 2. The topological polar surface area (TPSA) is 51.2 Å². The predicted octanol–water partition coefficient (Wildman–Crippen LogP) is 14.4. The summed E-state index contributed by atoms with van der Waals surface area (Å²) in [5.74, 6) is 1.74. The number of hydrogen-bond acceptors (Lipinski definition) is 4. The van der Waals surface area contributed by atoms with Crippen LogP contribution >= 0.6 is 0 Å². The third kappa shape index (κ3) is 30.7. The highest BCUT2D eigenvalue weighted by atomic mass is 16.5. The Labute approximate surface area is 319 Å². The van der Waals surface area contributed by atoms with Crippen molar-refractivity contribution in [3.8, 4) is 0 Å². The molecule has 0 aliphatic rings. The van der Waals surface area contributed by atoms with Crippen LogP contribution in [0.4, 0.5) is 0 Å². The number of ether oxygens (including phenoxy) is 1. The lowest BCUT2D eigenvalue weighted by Gasteiger charge is -2.11. The highest BCUT2D eigenvalue weighted by Crippen LogP contribution is 2.20. The van der Waals surface area contributed by atoms with Crippen molar-refractivity contribution in [2.75, 3.05) is 13.6 Å². The molecule has 4 heteroatoms. The minimum absolute atomic E-state index is 0.0981. The van der Waals surface area contributed by atoms with E-state index in [9.17, 15) is 4.79 Å². The molecule has 1 heterocycles. The molecule has 0 aromatic carbocycles. The maximum atomic E-state index is 12.3. The van der Waals surface area contributed by atoms with E-state index in [1.165, 1.54) is 191 Å². The summed E-state index contributed by atoms with van der Waals surface area (Å²) in [4.78, 5) is 17.4. The van der Waals surface area contributed by atoms with E-state index >= 15 is 0 Å². The van der Waals surface area contributed by atoms with Crippen LogP contribution in [0.15, 0.2) is 12.1 Å². The van der Waals surface area contributed by atoms with Crippen LogP contribution in [0.5, 0.6) is 0 Å². The first kappa shape index (κ1) is 47.6. The van der Waals surface area contributed by atoms with Crippen molar-refractivity contribution >= 4 is 5.97 Å².